The van der Waals surface area contributed by atoms with Crippen LogP contribution in [0.3, 0.4) is 0 Å². The molecule has 0 saturated carbocycles. The third kappa shape index (κ3) is 10.7. The van der Waals surface area contributed by atoms with Gasteiger partial charge in [0.1, 0.15) is 41.6 Å². The van der Waals surface area contributed by atoms with Crippen molar-refractivity contribution in [2.45, 2.75) is 83.1 Å². The second-order valence-corrected chi connectivity index (χ2v) is 19.3. The molecule has 5 aromatic rings. The molecule has 7 heterocycles. The number of hydrogen-bond acceptors (Lipinski definition) is 16. The Balaban J connectivity index is 0.608. The van der Waals surface area contributed by atoms with Gasteiger partial charge in [0.25, 0.3) is 11.8 Å². The quantitative estimate of drug-likeness (QED) is 0.0925. The number of phenols is 1. The number of nitrogens with zero attached hydrogens (tertiary/aromatic N) is 10. The molecule has 10 rings (SSSR count). The number of piperazine rings is 1. The summed E-state index contributed by atoms with van der Waals surface area (Å²) in [6.45, 7) is 8.86. The fourth-order valence-corrected chi connectivity index (χ4v) is 10.5. The predicted molar refractivity (Wildman–Crippen MR) is 265 cm³/mol. The number of amides is 5. The third-order valence-electron chi connectivity index (χ3n) is 14.5. The van der Waals surface area contributed by atoms with Gasteiger partial charge in [0.15, 0.2) is 11.6 Å². The Morgan fingerprint density at radius 1 is 0.778 bits per heavy atom. The number of aromatic hydroxyl groups is 1. The van der Waals surface area contributed by atoms with E-state index < -0.39 is 29.7 Å². The molecule has 0 aliphatic carbocycles. The maximum atomic E-state index is 13.4. The highest BCUT2D eigenvalue weighted by Crippen LogP contribution is 2.35. The van der Waals surface area contributed by atoms with E-state index in [1.165, 1.54) is 11.8 Å². The van der Waals surface area contributed by atoms with Crippen LogP contribution in [0.4, 0.5) is 17.2 Å². The van der Waals surface area contributed by atoms with E-state index >= 15 is 0 Å². The Hall–Kier alpha value is -7.61. The fraction of sp³-hybridized carbons (Fsp3) is 0.442. The first-order valence-electron chi connectivity index (χ1n) is 25.1. The number of fused-ring (bicyclic) bond motifs is 1. The summed E-state index contributed by atoms with van der Waals surface area (Å²) >= 11 is 0. The Bertz CT molecular complexity index is 2810. The monoisotopic (exact) mass is 980 g/mol. The van der Waals surface area contributed by atoms with Crippen LogP contribution in [-0.4, -0.2) is 146 Å². The van der Waals surface area contributed by atoms with E-state index in [2.05, 4.69) is 64.8 Å². The number of ether oxygens (including phenoxy) is 2. The van der Waals surface area contributed by atoms with Gasteiger partial charge in [-0.05, 0) is 99.4 Å². The summed E-state index contributed by atoms with van der Waals surface area (Å²) in [6, 6.07) is 21.3. The number of piperidine rings is 3. The average molecular weight is 981 g/mol. The van der Waals surface area contributed by atoms with Crippen LogP contribution in [-0.2, 0) is 27.5 Å². The molecule has 3 aromatic carbocycles. The van der Waals surface area contributed by atoms with E-state index in [-0.39, 0.29) is 59.9 Å². The van der Waals surface area contributed by atoms with Crippen molar-refractivity contribution in [1.29, 1.82) is 0 Å². The summed E-state index contributed by atoms with van der Waals surface area (Å²) in [5.74, 6) is -0.555. The van der Waals surface area contributed by atoms with Crippen molar-refractivity contribution in [3.8, 4) is 28.5 Å². The molecule has 5 amide bonds. The molecule has 1 unspecified atom stereocenters. The van der Waals surface area contributed by atoms with E-state index in [0.29, 0.717) is 41.6 Å². The Kier molecular flexibility index (Phi) is 14.3. The zero-order chi connectivity index (χ0) is 49.7. The van der Waals surface area contributed by atoms with Crippen LogP contribution >= 0.6 is 0 Å². The lowest BCUT2D eigenvalue weighted by Gasteiger charge is -2.40. The van der Waals surface area contributed by atoms with Crippen LogP contribution in [0.5, 0.6) is 17.2 Å². The van der Waals surface area contributed by atoms with Crippen molar-refractivity contribution >= 4 is 46.7 Å². The molecule has 2 aromatic heterocycles. The number of nitrogens with one attached hydrogen (secondary N) is 1. The molecule has 4 fully saturated rings. The van der Waals surface area contributed by atoms with Gasteiger partial charge in [0.2, 0.25) is 17.7 Å². The van der Waals surface area contributed by atoms with Crippen molar-refractivity contribution in [2.75, 3.05) is 74.4 Å². The molecule has 0 spiro atoms. The smallest absolute Gasteiger partial charge is 0.266 e. The van der Waals surface area contributed by atoms with Gasteiger partial charge in [-0.2, -0.15) is 0 Å². The number of nitrogen functional groups attached to an aromatic ring is 1. The highest BCUT2D eigenvalue weighted by Gasteiger charge is 2.46. The number of para-hydroxylation sites is 1. The summed E-state index contributed by atoms with van der Waals surface area (Å²) in [4.78, 5) is 74.2. The highest BCUT2D eigenvalue weighted by molar-refractivity contribution is 6.24. The van der Waals surface area contributed by atoms with Crippen molar-refractivity contribution in [3.63, 3.8) is 0 Å². The second-order valence-electron chi connectivity index (χ2n) is 19.3. The van der Waals surface area contributed by atoms with E-state index in [4.69, 9.17) is 15.2 Å². The van der Waals surface area contributed by atoms with Crippen LogP contribution in [0.25, 0.3) is 11.3 Å². The Labute approximate surface area is 417 Å². The maximum Gasteiger partial charge on any atom is 0.266 e. The number of hydrogen-bond donors (Lipinski definition) is 3. The minimum absolute atomic E-state index is 0.00513. The van der Waals surface area contributed by atoms with E-state index in [0.717, 1.165) is 108 Å². The van der Waals surface area contributed by atoms with E-state index in [1.54, 1.807) is 47.3 Å². The molecule has 0 bridgehead atoms. The zero-order valence-corrected chi connectivity index (χ0v) is 40.2. The van der Waals surface area contributed by atoms with Gasteiger partial charge < -0.3 is 35.0 Å². The number of aromatic nitrogens is 5. The summed E-state index contributed by atoms with van der Waals surface area (Å²) in [7, 11) is 0. The fourth-order valence-electron chi connectivity index (χ4n) is 10.5. The SMILES string of the molecule is Nc1nnc(-c2ccccc2O)cc1O[C@H]1CCCN(c2ccc(N3CCN(CC4CCN(C(=O)CCCCn5cc(COc6cccc7c6C(=O)N(C6CCC(=O)NC6=O)C7=O)nn5)CC4)CC3)cc2)C1. The van der Waals surface area contributed by atoms with Crippen molar-refractivity contribution in [1.82, 2.24) is 45.2 Å². The van der Waals surface area contributed by atoms with Gasteiger partial charge in [0.05, 0.1) is 23.9 Å². The van der Waals surface area contributed by atoms with Gasteiger partial charge in [-0.3, -0.25) is 43.8 Å². The largest absolute Gasteiger partial charge is 0.507 e. The van der Waals surface area contributed by atoms with E-state index in [9.17, 15) is 29.1 Å². The summed E-state index contributed by atoms with van der Waals surface area (Å²) in [6.07, 6.45) is 7.67. The molecule has 4 saturated heterocycles. The summed E-state index contributed by atoms with van der Waals surface area (Å²) in [5.41, 5.74) is 10.4. The molecule has 72 heavy (non-hydrogen) atoms. The summed E-state index contributed by atoms with van der Waals surface area (Å²) in [5, 5.41) is 29.2. The molecule has 20 heteroatoms. The molecular weight excluding hydrogens is 921 g/mol. The minimum Gasteiger partial charge on any atom is -0.507 e. The second kappa shape index (κ2) is 21.4. The number of benzene rings is 3. The van der Waals surface area contributed by atoms with Crippen molar-refractivity contribution < 1.29 is 38.6 Å². The number of imide groups is 2. The number of likely N-dealkylation sites (tertiary alicyclic amines) is 1. The maximum absolute atomic E-state index is 13.4. The topological polar surface area (TPSA) is 235 Å². The Morgan fingerprint density at radius 3 is 2.32 bits per heavy atom. The van der Waals surface area contributed by atoms with Gasteiger partial charge in [-0.25, -0.2) is 0 Å². The molecule has 20 nitrogen and oxygen atoms in total. The first kappa shape index (κ1) is 48.0. The number of unbranched alkanes of at least 4 members (excludes halogenated alkanes) is 1. The Morgan fingerprint density at radius 2 is 1.54 bits per heavy atom. The van der Waals surface area contributed by atoms with Crippen LogP contribution in [0, 0.1) is 5.92 Å². The number of carbonyl (C=O) groups is 5. The first-order chi connectivity index (χ1) is 35.0. The number of carbonyl (C=O) groups excluding carboxylic acids is 5. The number of nitrogens with two attached hydrogens (primary N) is 1. The zero-order valence-electron chi connectivity index (χ0n) is 40.2. The predicted octanol–water partition coefficient (Wildman–Crippen LogP) is 4.28. The third-order valence-corrected chi connectivity index (χ3v) is 14.5. The molecule has 376 valence electrons. The first-order valence-corrected chi connectivity index (χ1v) is 25.1. The van der Waals surface area contributed by atoms with Gasteiger partial charge >= 0.3 is 0 Å². The van der Waals surface area contributed by atoms with Crippen molar-refractivity contribution in [2.24, 2.45) is 5.92 Å². The lowest BCUT2D eigenvalue weighted by Crippen LogP contribution is -2.54. The number of rotatable bonds is 16. The van der Waals surface area contributed by atoms with Crippen LogP contribution in [0.2, 0.25) is 0 Å². The molecule has 0 radical (unpaired) electrons. The van der Waals surface area contributed by atoms with Crippen LogP contribution < -0.4 is 30.3 Å². The average Bonchev–Trinajstić information content (AvgIpc) is 3.96. The molecule has 4 N–H and O–H groups in total. The minimum atomic E-state index is -1.06. The lowest BCUT2D eigenvalue weighted by atomic mass is 9.95. The molecule has 5 aliphatic rings. The number of phenolic OH excluding ortho intramolecular Hbond substituents is 1. The lowest BCUT2D eigenvalue weighted by molar-refractivity contribution is -0.136. The normalized spacial score (nSPS) is 19.9. The number of anilines is 3. The molecule has 5 aliphatic heterocycles. The van der Waals surface area contributed by atoms with Gasteiger partial charge in [0, 0.05) is 94.7 Å². The van der Waals surface area contributed by atoms with Crippen LogP contribution in [0.1, 0.15) is 84.2 Å². The number of aryl methyl sites for hydroxylation is 1. The highest BCUT2D eigenvalue weighted by atomic mass is 16.5. The van der Waals surface area contributed by atoms with Crippen molar-refractivity contribution in [3.05, 3.63) is 95.8 Å². The summed E-state index contributed by atoms with van der Waals surface area (Å²) < 4.78 is 14.1. The van der Waals surface area contributed by atoms with E-state index in [1.807, 2.05) is 11.0 Å². The molecular formula is C52H60N12O8. The van der Waals surface area contributed by atoms with Crippen LogP contribution in [0.15, 0.2) is 79.0 Å². The molecule has 2 atom stereocenters. The van der Waals surface area contributed by atoms with Gasteiger partial charge in [-0.1, -0.05) is 23.4 Å². The standard InChI is InChI=1S/C52H60N12O8/c53-49-45(29-41(56-57-49)39-8-1-2-10-43(39)65)72-38-7-6-21-62(32-38)37-15-13-36(14-16-37)60-27-25-59(26-28-60)30-34-19-23-61(24-20-34)47(67)12-3-4-22-63-31-35(55-58-63)33-71-44-11-5-9-40-48(44)52(70)64(51(40)69)42-17-18-46(66)54-50(42)68/h1-2,5,8-11,13-16,29,31,34,38,42,65H,3-4,6-7,12,17-28,30,32-33H2,(H2,53,57)(H,54,66,68)/t38-,42?/m0/s1. The van der Waals surface area contributed by atoms with Gasteiger partial charge in [-0.15, -0.1) is 15.3 Å².